The predicted octanol–water partition coefficient (Wildman–Crippen LogP) is 3.23. The van der Waals surface area contributed by atoms with Crippen LogP contribution in [-0.2, 0) is 27.5 Å². The van der Waals surface area contributed by atoms with Crippen LogP contribution in [0.15, 0.2) is 47.4 Å². The van der Waals surface area contributed by atoms with Crippen molar-refractivity contribution in [3.63, 3.8) is 0 Å². The van der Waals surface area contributed by atoms with Gasteiger partial charge < -0.3 is 10.1 Å². The van der Waals surface area contributed by atoms with Crippen molar-refractivity contribution in [1.29, 1.82) is 0 Å². The number of sulfonamides is 1. The van der Waals surface area contributed by atoms with Crippen LogP contribution in [0.1, 0.15) is 34.3 Å². The minimum absolute atomic E-state index is 0.0556. The summed E-state index contributed by atoms with van der Waals surface area (Å²) in [5.74, 6) is -1.74. The highest BCUT2D eigenvalue weighted by Gasteiger charge is 2.33. The lowest BCUT2D eigenvalue weighted by molar-refractivity contribution is -0.138. The zero-order valence-corrected chi connectivity index (χ0v) is 17.0. The summed E-state index contributed by atoms with van der Waals surface area (Å²) in [7, 11) is -3.79. The van der Waals surface area contributed by atoms with E-state index in [0.717, 1.165) is 25.0 Å². The average molecular weight is 460 g/mol. The van der Waals surface area contributed by atoms with E-state index in [-0.39, 0.29) is 28.7 Å². The zero-order valence-electron chi connectivity index (χ0n) is 16.2. The summed E-state index contributed by atoms with van der Waals surface area (Å²) >= 11 is 0. The van der Waals surface area contributed by atoms with E-state index in [0.29, 0.717) is 12.7 Å². The van der Waals surface area contributed by atoms with Crippen LogP contribution in [0.5, 0.6) is 0 Å². The number of rotatable bonds is 7. The molecule has 0 bridgehead atoms. The largest absolute Gasteiger partial charge is 0.416 e. The summed E-state index contributed by atoms with van der Waals surface area (Å²) in [5, 5.41) is 2.32. The molecule has 0 aromatic heterocycles. The van der Waals surface area contributed by atoms with E-state index in [1.807, 2.05) is 0 Å². The number of carbonyl (C=O) groups excluding carboxylic acids is 1. The minimum atomic E-state index is -4.77. The highest BCUT2D eigenvalue weighted by molar-refractivity contribution is 7.89. The van der Waals surface area contributed by atoms with Crippen LogP contribution in [0.4, 0.5) is 17.6 Å². The maximum Gasteiger partial charge on any atom is 0.416 e. The van der Waals surface area contributed by atoms with Gasteiger partial charge in [-0.15, -0.1) is 0 Å². The normalized spacial score (nSPS) is 17.0. The topological polar surface area (TPSA) is 84.5 Å². The molecule has 1 atom stereocenters. The van der Waals surface area contributed by atoms with E-state index >= 15 is 0 Å². The van der Waals surface area contributed by atoms with Crippen molar-refractivity contribution < 1.29 is 35.5 Å². The minimum Gasteiger partial charge on any atom is -0.377 e. The van der Waals surface area contributed by atoms with Gasteiger partial charge in [-0.05, 0) is 54.8 Å². The second kappa shape index (κ2) is 9.33. The van der Waals surface area contributed by atoms with Gasteiger partial charge in [-0.3, -0.25) is 4.79 Å². The van der Waals surface area contributed by atoms with Crippen molar-refractivity contribution in [2.24, 2.45) is 0 Å². The average Bonchev–Trinajstić information content (AvgIpc) is 3.24. The lowest BCUT2D eigenvalue weighted by atomic mass is 10.1. The van der Waals surface area contributed by atoms with Gasteiger partial charge in [0.1, 0.15) is 5.82 Å². The van der Waals surface area contributed by atoms with Crippen LogP contribution in [0.2, 0.25) is 0 Å². The Balaban J connectivity index is 1.63. The van der Waals surface area contributed by atoms with Crippen molar-refractivity contribution in [1.82, 2.24) is 10.0 Å². The number of hydrogen-bond acceptors (Lipinski definition) is 4. The molecule has 1 amide bonds. The second-order valence-corrected chi connectivity index (χ2v) is 8.76. The third-order valence-electron chi connectivity index (χ3n) is 4.77. The number of nitrogens with one attached hydrogen (secondary N) is 2. The van der Waals surface area contributed by atoms with Crippen LogP contribution in [0.3, 0.4) is 0 Å². The molecule has 6 nitrogen and oxygen atoms in total. The molecule has 1 saturated heterocycles. The zero-order chi connectivity index (χ0) is 22.6. The van der Waals surface area contributed by atoms with Crippen LogP contribution in [-0.4, -0.2) is 33.6 Å². The fourth-order valence-corrected chi connectivity index (χ4v) is 4.19. The lowest BCUT2D eigenvalue weighted by Crippen LogP contribution is -2.31. The molecule has 0 aliphatic carbocycles. The van der Waals surface area contributed by atoms with Crippen molar-refractivity contribution in [2.75, 3.05) is 13.2 Å². The third-order valence-corrected chi connectivity index (χ3v) is 6.21. The van der Waals surface area contributed by atoms with Gasteiger partial charge in [0.15, 0.2) is 0 Å². The summed E-state index contributed by atoms with van der Waals surface area (Å²) in [4.78, 5) is 12.2. The van der Waals surface area contributed by atoms with Gasteiger partial charge in [-0.1, -0.05) is 6.07 Å². The standard InChI is InChI=1S/C20H20F4N2O4S/c21-15-6-3-14(18(10-15)20(22,23)24)11-25-19(27)13-4-7-17(8-5-13)31(28,29)26-12-16-2-1-9-30-16/h3-8,10,16,26H,1-2,9,11-12H2,(H,25,27). The van der Waals surface area contributed by atoms with Crippen molar-refractivity contribution in [3.05, 3.63) is 65.0 Å². The van der Waals surface area contributed by atoms with Gasteiger partial charge in [0, 0.05) is 25.3 Å². The van der Waals surface area contributed by atoms with Crippen LogP contribution in [0.25, 0.3) is 0 Å². The van der Waals surface area contributed by atoms with E-state index in [4.69, 9.17) is 4.74 Å². The first-order valence-corrected chi connectivity index (χ1v) is 10.9. The molecular formula is C20H20F4N2O4S. The maximum atomic E-state index is 13.2. The molecular weight excluding hydrogens is 440 g/mol. The summed E-state index contributed by atoms with van der Waals surface area (Å²) in [6.07, 6.45) is -3.30. The molecule has 3 rings (SSSR count). The van der Waals surface area contributed by atoms with Crippen LogP contribution >= 0.6 is 0 Å². The molecule has 1 aliphatic rings. The fraction of sp³-hybridized carbons (Fsp3) is 0.350. The Bertz CT molecular complexity index is 1030. The Labute approximate surface area is 176 Å². The van der Waals surface area contributed by atoms with Gasteiger partial charge in [0.05, 0.1) is 16.6 Å². The first-order valence-electron chi connectivity index (χ1n) is 9.41. The molecule has 0 spiro atoms. The number of benzene rings is 2. The monoisotopic (exact) mass is 460 g/mol. The summed E-state index contributed by atoms with van der Waals surface area (Å²) in [6.45, 7) is 0.263. The second-order valence-electron chi connectivity index (χ2n) is 6.99. The van der Waals surface area contributed by atoms with Crippen LogP contribution in [0, 0.1) is 5.82 Å². The number of alkyl halides is 3. The Morgan fingerprint density at radius 3 is 2.45 bits per heavy atom. The summed E-state index contributed by atoms with van der Waals surface area (Å²) < 4.78 is 84.8. The molecule has 2 aromatic rings. The molecule has 1 heterocycles. The lowest BCUT2D eigenvalue weighted by Gasteiger charge is -2.14. The highest BCUT2D eigenvalue weighted by atomic mass is 32.2. The summed E-state index contributed by atoms with van der Waals surface area (Å²) in [5.41, 5.74) is -1.40. The number of amides is 1. The Morgan fingerprint density at radius 2 is 1.84 bits per heavy atom. The van der Waals surface area contributed by atoms with Crippen molar-refractivity contribution >= 4 is 15.9 Å². The van der Waals surface area contributed by atoms with E-state index in [2.05, 4.69) is 10.0 Å². The first kappa shape index (κ1) is 23.2. The van der Waals surface area contributed by atoms with E-state index < -0.39 is 40.0 Å². The van der Waals surface area contributed by atoms with E-state index in [1.165, 1.54) is 24.3 Å². The van der Waals surface area contributed by atoms with Crippen molar-refractivity contribution in [3.8, 4) is 0 Å². The van der Waals surface area contributed by atoms with Gasteiger partial charge >= 0.3 is 6.18 Å². The molecule has 0 saturated carbocycles. The molecule has 1 aliphatic heterocycles. The smallest absolute Gasteiger partial charge is 0.377 e. The predicted molar refractivity (Wildman–Crippen MR) is 103 cm³/mol. The first-order chi connectivity index (χ1) is 14.6. The number of carbonyl (C=O) groups is 1. The Kier molecular flexibility index (Phi) is 6.97. The van der Waals surface area contributed by atoms with Gasteiger partial charge in [-0.2, -0.15) is 13.2 Å². The Morgan fingerprint density at radius 1 is 1.13 bits per heavy atom. The quantitative estimate of drug-likeness (QED) is 0.622. The summed E-state index contributed by atoms with van der Waals surface area (Å²) in [6, 6.07) is 7.16. The van der Waals surface area contributed by atoms with Crippen molar-refractivity contribution in [2.45, 2.75) is 36.6 Å². The SMILES string of the molecule is O=C(NCc1ccc(F)cc1C(F)(F)F)c1ccc(S(=O)(=O)NCC2CCCO2)cc1. The third kappa shape index (κ3) is 6.02. The fourth-order valence-electron chi connectivity index (χ4n) is 3.12. The maximum absolute atomic E-state index is 13.2. The molecule has 2 aromatic carbocycles. The number of ether oxygens (including phenoxy) is 1. The molecule has 1 fully saturated rings. The highest BCUT2D eigenvalue weighted by Crippen LogP contribution is 2.32. The van der Waals surface area contributed by atoms with E-state index in [9.17, 15) is 30.8 Å². The molecule has 0 radical (unpaired) electrons. The number of hydrogen-bond donors (Lipinski definition) is 2. The molecule has 2 N–H and O–H groups in total. The van der Waals surface area contributed by atoms with Crippen LogP contribution < -0.4 is 10.0 Å². The molecule has 1 unspecified atom stereocenters. The molecule has 31 heavy (non-hydrogen) atoms. The van der Waals surface area contributed by atoms with Gasteiger partial charge in [0.25, 0.3) is 5.91 Å². The Hall–Kier alpha value is -2.50. The molecule has 11 heteroatoms. The number of halogens is 4. The van der Waals surface area contributed by atoms with Gasteiger partial charge in [0.2, 0.25) is 10.0 Å². The van der Waals surface area contributed by atoms with E-state index in [1.54, 1.807) is 0 Å². The van der Waals surface area contributed by atoms with Gasteiger partial charge in [-0.25, -0.2) is 17.5 Å². The molecule has 168 valence electrons.